The number of nitrogen functional groups attached to an aromatic ring is 1. The maximum atomic E-state index is 6.20. The molecule has 1 unspecified atom stereocenters. The van der Waals surface area contributed by atoms with Crippen LogP contribution in [-0.4, -0.2) is 48.7 Å². The van der Waals surface area contributed by atoms with Gasteiger partial charge in [-0.25, -0.2) is 4.98 Å². The van der Waals surface area contributed by atoms with Crippen LogP contribution in [0.1, 0.15) is 31.1 Å². The molecular formula is C21H27N5O3. The largest absolute Gasteiger partial charge is 0.493 e. The molecule has 0 aliphatic carbocycles. The van der Waals surface area contributed by atoms with Gasteiger partial charge in [-0.1, -0.05) is 6.42 Å². The number of methoxy groups -OCH3 is 2. The monoisotopic (exact) mass is 397 g/mol. The van der Waals surface area contributed by atoms with E-state index in [-0.39, 0.29) is 6.04 Å². The van der Waals surface area contributed by atoms with Crippen molar-refractivity contribution in [1.29, 1.82) is 0 Å². The predicted molar refractivity (Wildman–Crippen MR) is 112 cm³/mol. The highest BCUT2D eigenvalue weighted by Gasteiger charge is 2.24. The molecule has 1 aromatic carbocycles. The van der Waals surface area contributed by atoms with E-state index in [1.54, 1.807) is 26.5 Å². The van der Waals surface area contributed by atoms with Gasteiger partial charge in [0.1, 0.15) is 11.6 Å². The summed E-state index contributed by atoms with van der Waals surface area (Å²) in [6.07, 6.45) is 5.41. The second kappa shape index (κ2) is 8.57. The molecule has 1 aliphatic rings. The van der Waals surface area contributed by atoms with Gasteiger partial charge in [-0.2, -0.15) is 4.98 Å². The number of anilines is 2. The van der Waals surface area contributed by atoms with Crippen molar-refractivity contribution in [2.24, 2.45) is 0 Å². The molecule has 0 radical (unpaired) electrons. The van der Waals surface area contributed by atoms with Crippen LogP contribution in [0.4, 0.5) is 11.8 Å². The Hall–Kier alpha value is -3.00. The smallest absolute Gasteiger partial charge is 0.225 e. The lowest BCUT2D eigenvalue weighted by atomic mass is 10.1. The van der Waals surface area contributed by atoms with Gasteiger partial charge in [-0.3, -0.25) is 4.90 Å². The van der Waals surface area contributed by atoms with Crippen molar-refractivity contribution in [3.63, 3.8) is 0 Å². The van der Waals surface area contributed by atoms with Gasteiger partial charge in [-0.05, 0) is 44.1 Å². The van der Waals surface area contributed by atoms with Crippen molar-refractivity contribution in [1.82, 2.24) is 14.9 Å². The van der Waals surface area contributed by atoms with Crippen LogP contribution >= 0.6 is 0 Å². The molecule has 8 nitrogen and oxygen atoms in total. The fraction of sp³-hybridized carbons (Fsp3) is 0.429. The molecule has 29 heavy (non-hydrogen) atoms. The molecule has 1 aliphatic heterocycles. The Balaban J connectivity index is 1.59. The normalized spacial score (nSPS) is 15.9. The minimum absolute atomic E-state index is 0.122. The number of piperidine rings is 1. The minimum Gasteiger partial charge on any atom is -0.493 e. The molecule has 1 atom stereocenters. The maximum absolute atomic E-state index is 6.20. The van der Waals surface area contributed by atoms with E-state index in [1.165, 1.54) is 19.3 Å². The SMILES string of the molecule is COc1cc2nc(NCC(c3ccco3)N3CCCCC3)nc(N)c2cc1OC. The molecule has 4 rings (SSSR count). The second-order valence-corrected chi connectivity index (χ2v) is 7.17. The number of ether oxygens (including phenoxy) is 2. The second-order valence-electron chi connectivity index (χ2n) is 7.17. The van der Waals surface area contributed by atoms with E-state index in [4.69, 9.17) is 19.6 Å². The van der Waals surface area contributed by atoms with Gasteiger partial charge in [0.25, 0.3) is 0 Å². The number of rotatable bonds is 7. The van der Waals surface area contributed by atoms with Gasteiger partial charge in [0, 0.05) is 18.0 Å². The molecule has 154 valence electrons. The van der Waals surface area contributed by atoms with Crippen LogP contribution < -0.4 is 20.5 Å². The number of benzene rings is 1. The van der Waals surface area contributed by atoms with E-state index in [1.807, 2.05) is 18.2 Å². The molecule has 0 spiro atoms. The number of hydrogen-bond acceptors (Lipinski definition) is 8. The first-order valence-electron chi connectivity index (χ1n) is 9.90. The maximum Gasteiger partial charge on any atom is 0.225 e. The number of furan rings is 1. The Kier molecular flexibility index (Phi) is 5.71. The molecule has 8 heteroatoms. The van der Waals surface area contributed by atoms with E-state index in [0.717, 1.165) is 24.2 Å². The lowest BCUT2D eigenvalue weighted by Crippen LogP contribution is -2.37. The lowest BCUT2D eigenvalue weighted by Gasteiger charge is -2.33. The third kappa shape index (κ3) is 4.07. The minimum atomic E-state index is 0.122. The number of nitrogens with two attached hydrogens (primary N) is 1. The standard InChI is InChI=1S/C21H27N5O3/c1-27-18-11-14-15(12-19(18)28-2)24-21(25-20(14)22)23-13-16(17-7-6-10-29-17)26-8-4-3-5-9-26/h6-7,10-12,16H,3-5,8-9,13H2,1-2H3,(H3,22,23,24,25). The summed E-state index contributed by atoms with van der Waals surface area (Å²) in [5.41, 5.74) is 6.90. The summed E-state index contributed by atoms with van der Waals surface area (Å²) in [6.45, 7) is 2.75. The zero-order valence-corrected chi connectivity index (χ0v) is 16.9. The third-order valence-corrected chi connectivity index (χ3v) is 5.39. The first-order valence-corrected chi connectivity index (χ1v) is 9.90. The summed E-state index contributed by atoms with van der Waals surface area (Å²) in [7, 11) is 3.19. The van der Waals surface area contributed by atoms with Crippen LogP contribution in [0.25, 0.3) is 10.9 Å². The van der Waals surface area contributed by atoms with Gasteiger partial charge >= 0.3 is 0 Å². The van der Waals surface area contributed by atoms with Crippen molar-refractivity contribution >= 4 is 22.7 Å². The van der Waals surface area contributed by atoms with Crippen LogP contribution in [0.2, 0.25) is 0 Å². The quantitative estimate of drug-likeness (QED) is 0.625. The molecular weight excluding hydrogens is 370 g/mol. The molecule has 0 bridgehead atoms. The summed E-state index contributed by atoms with van der Waals surface area (Å²) in [5, 5.41) is 4.08. The van der Waals surface area contributed by atoms with Crippen molar-refractivity contribution in [2.75, 3.05) is 44.9 Å². The molecule has 1 saturated heterocycles. The molecule has 3 N–H and O–H groups in total. The van der Waals surface area contributed by atoms with Gasteiger partial charge < -0.3 is 24.9 Å². The van der Waals surface area contributed by atoms with Gasteiger partial charge in [0.15, 0.2) is 11.5 Å². The van der Waals surface area contributed by atoms with E-state index in [0.29, 0.717) is 35.3 Å². The van der Waals surface area contributed by atoms with E-state index >= 15 is 0 Å². The number of nitrogens with zero attached hydrogens (tertiary/aromatic N) is 3. The zero-order chi connectivity index (χ0) is 20.2. The number of hydrogen-bond donors (Lipinski definition) is 2. The predicted octanol–water partition coefficient (Wildman–Crippen LogP) is 3.46. The summed E-state index contributed by atoms with van der Waals surface area (Å²) in [6, 6.07) is 7.68. The fourth-order valence-corrected chi connectivity index (χ4v) is 3.87. The highest BCUT2D eigenvalue weighted by atomic mass is 16.5. The number of nitrogens with one attached hydrogen (secondary N) is 1. The molecule has 3 heterocycles. The zero-order valence-electron chi connectivity index (χ0n) is 16.9. The van der Waals surface area contributed by atoms with Crippen molar-refractivity contribution < 1.29 is 13.9 Å². The Bertz CT molecular complexity index is 955. The van der Waals surface area contributed by atoms with Crippen molar-refractivity contribution in [3.05, 3.63) is 36.3 Å². The molecule has 1 fully saturated rings. The van der Waals surface area contributed by atoms with E-state index < -0.39 is 0 Å². The van der Waals surface area contributed by atoms with Gasteiger partial charge in [0.2, 0.25) is 5.95 Å². The fourth-order valence-electron chi connectivity index (χ4n) is 3.87. The first-order chi connectivity index (χ1) is 14.2. The first kappa shape index (κ1) is 19.3. The lowest BCUT2D eigenvalue weighted by molar-refractivity contribution is 0.152. The summed E-state index contributed by atoms with van der Waals surface area (Å²) >= 11 is 0. The summed E-state index contributed by atoms with van der Waals surface area (Å²) in [5.74, 6) is 3.02. The third-order valence-electron chi connectivity index (χ3n) is 5.39. The average molecular weight is 397 g/mol. The topological polar surface area (TPSA) is 98.7 Å². The highest BCUT2D eigenvalue weighted by molar-refractivity contribution is 5.91. The van der Waals surface area contributed by atoms with Gasteiger partial charge in [-0.15, -0.1) is 0 Å². The van der Waals surface area contributed by atoms with Crippen LogP contribution in [0.15, 0.2) is 34.9 Å². The Labute approximate surface area is 170 Å². The van der Waals surface area contributed by atoms with Crippen molar-refractivity contribution in [2.45, 2.75) is 25.3 Å². The average Bonchev–Trinajstić information content (AvgIpc) is 3.28. The van der Waals surface area contributed by atoms with Crippen LogP contribution in [0, 0.1) is 0 Å². The number of likely N-dealkylation sites (tertiary alicyclic amines) is 1. The number of aromatic nitrogens is 2. The van der Waals surface area contributed by atoms with Crippen LogP contribution in [0.3, 0.4) is 0 Å². The summed E-state index contributed by atoms with van der Waals surface area (Å²) in [4.78, 5) is 11.5. The highest BCUT2D eigenvalue weighted by Crippen LogP contribution is 2.34. The Morgan fingerprint density at radius 3 is 2.59 bits per heavy atom. The molecule has 0 saturated carbocycles. The number of fused-ring (bicyclic) bond motifs is 1. The Morgan fingerprint density at radius 1 is 1.14 bits per heavy atom. The molecule has 3 aromatic rings. The van der Waals surface area contributed by atoms with E-state index in [9.17, 15) is 0 Å². The summed E-state index contributed by atoms with van der Waals surface area (Å²) < 4.78 is 16.4. The molecule has 2 aromatic heterocycles. The van der Waals surface area contributed by atoms with Gasteiger partial charge in [0.05, 0.1) is 32.0 Å². The Morgan fingerprint density at radius 2 is 1.90 bits per heavy atom. The van der Waals surface area contributed by atoms with E-state index in [2.05, 4.69) is 20.2 Å². The van der Waals surface area contributed by atoms with Crippen LogP contribution in [-0.2, 0) is 0 Å². The molecule has 0 amide bonds. The van der Waals surface area contributed by atoms with Crippen LogP contribution in [0.5, 0.6) is 11.5 Å². The van der Waals surface area contributed by atoms with Crippen molar-refractivity contribution in [3.8, 4) is 11.5 Å².